The zero-order chi connectivity index (χ0) is 54.1. The normalized spacial score (nSPS) is 12.3. The van der Waals surface area contributed by atoms with Crippen molar-refractivity contribution in [2.24, 2.45) is 0 Å². The van der Waals surface area contributed by atoms with Crippen molar-refractivity contribution in [2.45, 2.75) is 0 Å². The molecule has 12 aromatic carbocycles. The fourth-order valence-electron chi connectivity index (χ4n) is 12.9. The van der Waals surface area contributed by atoms with Crippen molar-refractivity contribution >= 4 is 79.0 Å². The quantitative estimate of drug-likeness (QED) is 0.135. The van der Waals surface area contributed by atoms with Crippen LogP contribution in [0.2, 0.25) is 0 Å². The fraction of sp³-hybridized carbons (Fsp3) is 0. The van der Waals surface area contributed by atoms with Gasteiger partial charge >= 0.3 is 0 Å². The molecule has 0 saturated carbocycles. The molecule has 16 rings (SSSR count). The van der Waals surface area contributed by atoms with Gasteiger partial charge in [0.2, 0.25) is 0 Å². The van der Waals surface area contributed by atoms with Crippen LogP contribution in [0.5, 0.6) is 0 Å². The van der Waals surface area contributed by atoms with E-state index < -0.39 is 0 Å². The standard InChI is InChI=1S/C76H50BN5/c1-5-21-51(22-6-1)57-43-45-70-63(48-57)61-31-13-16-34-68(61)82(70)69-46-44-58(76-78-66(54-23-7-2-8-24-54)50-67(79-76)55-25-9-3-10-26-55)49-62(69)53-41-39-52(40-42-53)56-27-19-30-60(47-56)81-72-36-18-15-33-65(72)77-64-32-14-17-35-71(64)80(59-28-11-4-12-29-59)73-37-20-38-74(81)75(73)77/h1-50H. The minimum Gasteiger partial charge on any atom is -0.311 e. The van der Waals surface area contributed by atoms with Gasteiger partial charge in [0.1, 0.15) is 0 Å². The van der Waals surface area contributed by atoms with E-state index >= 15 is 0 Å². The molecule has 4 heterocycles. The summed E-state index contributed by atoms with van der Waals surface area (Å²) in [6, 6.07) is 110. The molecule has 0 aliphatic carbocycles. The second-order valence-electron chi connectivity index (χ2n) is 21.3. The van der Waals surface area contributed by atoms with E-state index in [0.717, 1.165) is 78.4 Å². The summed E-state index contributed by atoms with van der Waals surface area (Å²) in [7, 11) is 0. The molecule has 14 aromatic rings. The smallest absolute Gasteiger partial charge is 0.252 e. The zero-order valence-electron chi connectivity index (χ0n) is 44.7. The van der Waals surface area contributed by atoms with Crippen LogP contribution in [0, 0.1) is 0 Å². The lowest BCUT2D eigenvalue weighted by molar-refractivity contribution is 1.16. The molecule has 0 saturated heterocycles. The first-order valence-corrected chi connectivity index (χ1v) is 28.1. The van der Waals surface area contributed by atoms with E-state index in [-0.39, 0.29) is 6.71 Å². The van der Waals surface area contributed by atoms with Crippen molar-refractivity contribution in [3.8, 4) is 73.0 Å². The van der Waals surface area contributed by atoms with E-state index in [1.54, 1.807) is 0 Å². The van der Waals surface area contributed by atoms with Crippen LogP contribution in [-0.2, 0) is 0 Å². The van der Waals surface area contributed by atoms with Gasteiger partial charge in [0.25, 0.3) is 6.71 Å². The number of hydrogen-bond donors (Lipinski definition) is 0. The number of fused-ring (bicyclic) bond motifs is 7. The van der Waals surface area contributed by atoms with Gasteiger partial charge in [-0.3, -0.25) is 0 Å². The molecular formula is C76H50BN5. The third-order valence-electron chi connectivity index (χ3n) is 16.6. The number of para-hydroxylation sites is 4. The second kappa shape index (κ2) is 19.5. The molecule has 0 amide bonds. The van der Waals surface area contributed by atoms with Crippen LogP contribution >= 0.6 is 0 Å². The van der Waals surface area contributed by atoms with E-state index in [0.29, 0.717) is 5.82 Å². The second-order valence-corrected chi connectivity index (χ2v) is 21.3. The van der Waals surface area contributed by atoms with Crippen LogP contribution < -0.4 is 26.2 Å². The predicted molar refractivity (Wildman–Crippen MR) is 343 cm³/mol. The van der Waals surface area contributed by atoms with Crippen LogP contribution in [0.15, 0.2) is 303 Å². The molecule has 0 radical (unpaired) electrons. The van der Waals surface area contributed by atoms with Crippen LogP contribution in [0.3, 0.4) is 0 Å². The SMILES string of the molecule is c1ccc(-c2ccc3c(c2)c2ccccc2n3-c2ccc(-c3nc(-c4ccccc4)cc(-c4ccccc4)n3)cc2-c2ccc(-c3cccc(N4c5ccccc5B5c6ccccc6N(c6ccccc6)c6cccc4c65)c3)cc2)cc1. The summed E-state index contributed by atoms with van der Waals surface area (Å²) in [6.45, 7) is 0.0773. The predicted octanol–water partition coefficient (Wildman–Crippen LogP) is 17.7. The van der Waals surface area contributed by atoms with Gasteiger partial charge in [-0.2, -0.15) is 0 Å². The Bertz CT molecular complexity index is 4690. The molecule has 0 N–H and O–H groups in total. The Balaban J connectivity index is 0.840. The highest BCUT2D eigenvalue weighted by Gasteiger charge is 2.42. The number of rotatable bonds is 9. The highest BCUT2D eigenvalue weighted by molar-refractivity contribution is 7.00. The minimum absolute atomic E-state index is 0.0773. The maximum absolute atomic E-state index is 5.31. The van der Waals surface area contributed by atoms with Gasteiger partial charge in [-0.05, 0) is 135 Å². The van der Waals surface area contributed by atoms with Gasteiger partial charge in [0.05, 0.1) is 28.1 Å². The largest absolute Gasteiger partial charge is 0.311 e. The molecule has 2 aliphatic rings. The van der Waals surface area contributed by atoms with Crippen molar-refractivity contribution < 1.29 is 0 Å². The monoisotopic (exact) mass is 1040 g/mol. The molecule has 0 fully saturated rings. The van der Waals surface area contributed by atoms with E-state index in [1.165, 1.54) is 61.0 Å². The Morgan fingerprint density at radius 1 is 0.268 bits per heavy atom. The van der Waals surface area contributed by atoms with Crippen LogP contribution in [0.1, 0.15) is 0 Å². The Morgan fingerprint density at radius 3 is 1.40 bits per heavy atom. The number of aromatic nitrogens is 3. The lowest BCUT2D eigenvalue weighted by Crippen LogP contribution is -2.61. The number of nitrogens with zero attached hydrogens (tertiary/aromatic N) is 5. The van der Waals surface area contributed by atoms with Crippen molar-refractivity contribution in [3.05, 3.63) is 303 Å². The molecule has 382 valence electrons. The molecular weight excluding hydrogens is 994 g/mol. The minimum atomic E-state index is 0.0773. The molecule has 0 bridgehead atoms. The third kappa shape index (κ3) is 7.87. The summed E-state index contributed by atoms with van der Waals surface area (Å²) in [4.78, 5) is 15.5. The van der Waals surface area contributed by atoms with Crippen molar-refractivity contribution in [2.75, 3.05) is 9.80 Å². The molecule has 2 aromatic heterocycles. The molecule has 2 aliphatic heterocycles. The van der Waals surface area contributed by atoms with Crippen molar-refractivity contribution in [1.82, 2.24) is 14.5 Å². The van der Waals surface area contributed by atoms with Crippen molar-refractivity contribution in [1.29, 1.82) is 0 Å². The maximum atomic E-state index is 5.31. The summed E-state index contributed by atoms with van der Waals surface area (Å²) >= 11 is 0. The zero-order valence-corrected chi connectivity index (χ0v) is 44.7. The van der Waals surface area contributed by atoms with E-state index in [2.05, 4.69) is 306 Å². The van der Waals surface area contributed by atoms with Gasteiger partial charge in [-0.15, -0.1) is 0 Å². The Hall–Kier alpha value is -10.8. The summed E-state index contributed by atoms with van der Waals surface area (Å²) in [6.07, 6.45) is 0. The topological polar surface area (TPSA) is 37.2 Å². The number of benzene rings is 12. The molecule has 0 atom stereocenters. The Labute approximate surface area is 477 Å². The van der Waals surface area contributed by atoms with Gasteiger partial charge in [-0.1, -0.05) is 212 Å². The summed E-state index contributed by atoms with van der Waals surface area (Å²) in [5.74, 6) is 0.665. The van der Waals surface area contributed by atoms with Gasteiger partial charge in [0.15, 0.2) is 5.82 Å². The van der Waals surface area contributed by atoms with E-state index in [9.17, 15) is 0 Å². The van der Waals surface area contributed by atoms with E-state index in [1.807, 2.05) is 12.1 Å². The Morgan fingerprint density at radius 2 is 0.732 bits per heavy atom. The third-order valence-corrected chi connectivity index (χ3v) is 16.6. The molecule has 0 spiro atoms. The highest BCUT2D eigenvalue weighted by Crippen LogP contribution is 2.45. The van der Waals surface area contributed by atoms with Crippen LogP contribution in [0.4, 0.5) is 34.1 Å². The molecule has 6 heteroatoms. The summed E-state index contributed by atoms with van der Waals surface area (Å²) in [5.41, 5.74) is 25.9. The first-order valence-electron chi connectivity index (χ1n) is 28.1. The summed E-state index contributed by atoms with van der Waals surface area (Å²) in [5, 5.41) is 2.41. The first-order chi connectivity index (χ1) is 40.7. The van der Waals surface area contributed by atoms with Crippen LogP contribution in [-0.4, -0.2) is 21.2 Å². The fourth-order valence-corrected chi connectivity index (χ4v) is 12.9. The van der Waals surface area contributed by atoms with Crippen molar-refractivity contribution in [3.63, 3.8) is 0 Å². The lowest BCUT2D eigenvalue weighted by atomic mass is 9.33. The highest BCUT2D eigenvalue weighted by atomic mass is 15.2. The van der Waals surface area contributed by atoms with Gasteiger partial charge in [-0.25, -0.2) is 9.97 Å². The van der Waals surface area contributed by atoms with Crippen LogP contribution in [0.25, 0.3) is 94.8 Å². The molecule has 0 unspecified atom stereocenters. The Kier molecular flexibility index (Phi) is 11.2. The molecule has 82 heavy (non-hydrogen) atoms. The number of hydrogen-bond acceptors (Lipinski definition) is 4. The summed E-state index contributed by atoms with van der Waals surface area (Å²) < 4.78 is 2.44. The molecule has 5 nitrogen and oxygen atoms in total. The first kappa shape index (κ1) is 47.2. The lowest BCUT2D eigenvalue weighted by Gasteiger charge is -2.44. The van der Waals surface area contributed by atoms with Gasteiger partial charge < -0.3 is 14.4 Å². The average molecular weight is 1040 g/mol. The average Bonchev–Trinajstić information content (AvgIpc) is 3.27. The van der Waals surface area contributed by atoms with E-state index in [4.69, 9.17) is 9.97 Å². The number of anilines is 6. The maximum Gasteiger partial charge on any atom is 0.252 e. The van der Waals surface area contributed by atoms with Gasteiger partial charge in [0, 0.05) is 67.2 Å².